The molecule has 33 heavy (non-hydrogen) atoms. The Morgan fingerprint density at radius 3 is 2.27 bits per heavy atom. The molecule has 4 rings (SSSR count). The van der Waals surface area contributed by atoms with E-state index in [0.29, 0.717) is 11.8 Å². The summed E-state index contributed by atoms with van der Waals surface area (Å²) in [5.74, 6) is 0.788. The SMILES string of the molecule is C[C@@H]1CC/C(=N\Nc2ccc([N+](=O)[O-])cc2[N+](=O)[O-])C[C@H]1c1ccc(-c2ccccc2)cc1. The maximum atomic E-state index is 11.4. The van der Waals surface area contributed by atoms with Crippen molar-refractivity contribution in [2.45, 2.75) is 32.1 Å². The van der Waals surface area contributed by atoms with Crippen LogP contribution in [-0.2, 0) is 0 Å². The molecule has 1 aliphatic carbocycles. The topological polar surface area (TPSA) is 111 Å². The van der Waals surface area contributed by atoms with E-state index in [4.69, 9.17) is 0 Å². The molecule has 8 nitrogen and oxygen atoms in total. The first-order valence-electron chi connectivity index (χ1n) is 10.8. The second kappa shape index (κ2) is 9.60. The van der Waals surface area contributed by atoms with Crippen LogP contribution in [0.25, 0.3) is 11.1 Å². The third-order valence-corrected chi connectivity index (χ3v) is 6.20. The molecule has 8 heteroatoms. The predicted octanol–water partition coefficient (Wildman–Crippen LogP) is 6.54. The Kier molecular flexibility index (Phi) is 6.44. The van der Waals surface area contributed by atoms with Crippen molar-refractivity contribution < 1.29 is 9.85 Å². The maximum absolute atomic E-state index is 11.4. The van der Waals surface area contributed by atoms with E-state index in [9.17, 15) is 20.2 Å². The summed E-state index contributed by atoms with van der Waals surface area (Å²) in [6.45, 7) is 2.24. The number of non-ortho nitro benzene ring substituents is 1. The summed E-state index contributed by atoms with van der Waals surface area (Å²) in [5.41, 5.74) is 6.74. The van der Waals surface area contributed by atoms with Crippen LogP contribution in [0.15, 0.2) is 77.9 Å². The molecule has 0 unspecified atom stereocenters. The van der Waals surface area contributed by atoms with Gasteiger partial charge in [0.05, 0.1) is 15.9 Å². The van der Waals surface area contributed by atoms with Crippen LogP contribution < -0.4 is 5.43 Å². The molecule has 1 N–H and O–H groups in total. The van der Waals surface area contributed by atoms with E-state index in [1.165, 1.54) is 28.8 Å². The molecule has 0 saturated heterocycles. The van der Waals surface area contributed by atoms with Gasteiger partial charge in [0.25, 0.3) is 5.69 Å². The third kappa shape index (κ3) is 5.06. The fraction of sp³-hybridized carbons (Fsp3) is 0.240. The van der Waals surface area contributed by atoms with Gasteiger partial charge in [0.2, 0.25) is 0 Å². The Bertz CT molecular complexity index is 1190. The monoisotopic (exact) mass is 444 g/mol. The molecule has 168 valence electrons. The van der Waals surface area contributed by atoms with Crippen LogP contribution in [0.2, 0.25) is 0 Å². The smallest absolute Gasteiger partial charge is 0.272 e. The average molecular weight is 444 g/mol. The van der Waals surface area contributed by atoms with Crippen LogP contribution in [0.1, 0.15) is 37.7 Å². The molecule has 1 fully saturated rings. The number of rotatable bonds is 6. The minimum absolute atomic E-state index is 0.139. The van der Waals surface area contributed by atoms with E-state index >= 15 is 0 Å². The van der Waals surface area contributed by atoms with Crippen molar-refractivity contribution in [3.05, 3.63) is 98.6 Å². The minimum Gasteiger partial charge on any atom is -0.272 e. The summed E-state index contributed by atoms with van der Waals surface area (Å²) < 4.78 is 0. The second-order valence-electron chi connectivity index (χ2n) is 8.32. The van der Waals surface area contributed by atoms with Gasteiger partial charge in [-0.1, -0.05) is 61.5 Å². The summed E-state index contributed by atoms with van der Waals surface area (Å²) in [7, 11) is 0. The lowest BCUT2D eigenvalue weighted by Gasteiger charge is -2.30. The number of hydrazone groups is 1. The van der Waals surface area contributed by atoms with Crippen molar-refractivity contribution in [3.8, 4) is 11.1 Å². The molecular formula is C25H24N4O4. The highest BCUT2D eigenvalue weighted by atomic mass is 16.6. The highest BCUT2D eigenvalue weighted by Crippen LogP contribution is 2.37. The minimum atomic E-state index is -0.654. The Morgan fingerprint density at radius 1 is 0.909 bits per heavy atom. The van der Waals surface area contributed by atoms with Gasteiger partial charge in [0.15, 0.2) is 0 Å². The van der Waals surface area contributed by atoms with Crippen LogP contribution in [0.3, 0.4) is 0 Å². The Hall–Kier alpha value is -4.07. The zero-order valence-electron chi connectivity index (χ0n) is 18.2. The largest absolute Gasteiger partial charge is 0.301 e. The first-order valence-corrected chi connectivity index (χ1v) is 10.8. The molecule has 0 radical (unpaired) electrons. The number of nitro groups is 2. The summed E-state index contributed by atoms with van der Waals surface area (Å²) >= 11 is 0. The summed E-state index contributed by atoms with van der Waals surface area (Å²) in [6, 6.07) is 22.4. The van der Waals surface area contributed by atoms with Crippen molar-refractivity contribution in [3.63, 3.8) is 0 Å². The van der Waals surface area contributed by atoms with Crippen LogP contribution in [-0.4, -0.2) is 15.6 Å². The molecule has 3 aromatic rings. The number of benzene rings is 3. The molecule has 0 bridgehead atoms. The predicted molar refractivity (Wildman–Crippen MR) is 128 cm³/mol. The van der Waals surface area contributed by atoms with Crippen molar-refractivity contribution in [1.29, 1.82) is 0 Å². The lowest BCUT2D eigenvalue weighted by molar-refractivity contribution is -0.393. The number of hydrogen-bond acceptors (Lipinski definition) is 6. The Morgan fingerprint density at radius 2 is 1.61 bits per heavy atom. The molecule has 0 heterocycles. The molecule has 2 atom stereocenters. The molecule has 1 saturated carbocycles. The second-order valence-corrected chi connectivity index (χ2v) is 8.32. The highest BCUT2D eigenvalue weighted by molar-refractivity contribution is 5.87. The van der Waals surface area contributed by atoms with E-state index in [0.717, 1.165) is 31.0 Å². The zero-order chi connectivity index (χ0) is 23.4. The summed E-state index contributed by atoms with van der Waals surface area (Å²) in [6.07, 6.45) is 2.52. The van der Waals surface area contributed by atoms with E-state index in [1.807, 2.05) is 18.2 Å². The Balaban J connectivity index is 1.51. The number of hydrogen-bond donors (Lipinski definition) is 1. The molecule has 0 amide bonds. The summed E-state index contributed by atoms with van der Waals surface area (Å²) in [4.78, 5) is 21.0. The van der Waals surface area contributed by atoms with E-state index in [-0.39, 0.29) is 17.1 Å². The zero-order valence-corrected chi connectivity index (χ0v) is 18.2. The first kappa shape index (κ1) is 22.1. The van der Waals surface area contributed by atoms with Gasteiger partial charge in [0.1, 0.15) is 5.69 Å². The lowest BCUT2D eigenvalue weighted by Crippen LogP contribution is -2.22. The number of nitrogens with one attached hydrogen (secondary N) is 1. The molecule has 0 aliphatic heterocycles. The van der Waals surface area contributed by atoms with E-state index < -0.39 is 9.85 Å². The van der Waals surface area contributed by atoms with Crippen molar-refractivity contribution in [2.75, 3.05) is 5.43 Å². The van der Waals surface area contributed by atoms with Crippen LogP contribution >= 0.6 is 0 Å². The van der Waals surface area contributed by atoms with Crippen LogP contribution in [0.5, 0.6) is 0 Å². The number of nitro benzene ring substituents is 2. The maximum Gasteiger partial charge on any atom is 0.301 e. The quantitative estimate of drug-likeness (QED) is 0.343. The molecule has 3 aromatic carbocycles. The van der Waals surface area contributed by atoms with Crippen molar-refractivity contribution in [1.82, 2.24) is 0 Å². The van der Waals surface area contributed by atoms with Gasteiger partial charge in [-0.25, -0.2) is 0 Å². The van der Waals surface area contributed by atoms with E-state index in [2.05, 4.69) is 53.8 Å². The fourth-order valence-corrected chi connectivity index (χ4v) is 4.27. The van der Waals surface area contributed by atoms with Gasteiger partial charge in [-0.3, -0.25) is 25.7 Å². The van der Waals surface area contributed by atoms with Gasteiger partial charge < -0.3 is 0 Å². The molecule has 0 aromatic heterocycles. The molecular weight excluding hydrogens is 420 g/mol. The number of nitrogens with zero attached hydrogens (tertiary/aromatic N) is 3. The highest BCUT2D eigenvalue weighted by Gasteiger charge is 2.27. The van der Waals surface area contributed by atoms with Gasteiger partial charge in [-0.2, -0.15) is 5.10 Å². The van der Waals surface area contributed by atoms with Crippen LogP contribution in [0.4, 0.5) is 17.1 Å². The normalized spacial score (nSPS) is 19.2. The fourth-order valence-electron chi connectivity index (χ4n) is 4.27. The summed E-state index contributed by atoms with van der Waals surface area (Å²) in [5, 5.41) is 26.7. The van der Waals surface area contributed by atoms with Crippen LogP contribution in [0, 0.1) is 26.1 Å². The van der Waals surface area contributed by atoms with Gasteiger partial charge >= 0.3 is 5.69 Å². The first-order chi connectivity index (χ1) is 15.9. The Labute approximate surface area is 191 Å². The molecule has 1 aliphatic rings. The van der Waals surface area contributed by atoms with Crippen molar-refractivity contribution in [2.24, 2.45) is 11.0 Å². The lowest BCUT2D eigenvalue weighted by atomic mass is 9.75. The van der Waals surface area contributed by atoms with E-state index in [1.54, 1.807) is 0 Å². The molecule has 0 spiro atoms. The van der Waals surface area contributed by atoms with Crippen molar-refractivity contribution >= 4 is 22.8 Å². The van der Waals surface area contributed by atoms with Gasteiger partial charge in [0, 0.05) is 11.8 Å². The third-order valence-electron chi connectivity index (χ3n) is 6.20. The van der Waals surface area contributed by atoms with Gasteiger partial charge in [-0.15, -0.1) is 0 Å². The number of anilines is 1. The standard InChI is InChI=1S/C25H24N4O4/c1-17-7-12-21(26-27-24-14-13-22(28(30)31)16-25(24)29(32)33)15-23(17)20-10-8-19(9-11-20)18-5-3-2-4-6-18/h2-6,8-11,13-14,16-17,23,27H,7,12,15H2,1H3/b26-21+/t17-,23-/m1/s1. The van der Waals surface area contributed by atoms with Gasteiger partial charge in [-0.05, 0) is 53.9 Å². The average Bonchev–Trinajstić information content (AvgIpc) is 2.84.